The van der Waals surface area contributed by atoms with E-state index >= 15 is 0 Å². The summed E-state index contributed by atoms with van der Waals surface area (Å²) in [5, 5.41) is 2.64. The molecule has 0 radical (unpaired) electrons. The lowest BCUT2D eigenvalue weighted by Crippen LogP contribution is -2.31. The van der Waals surface area contributed by atoms with Gasteiger partial charge in [0.15, 0.2) is 5.78 Å². The van der Waals surface area contributed by atoms with Gasteiger partial charge < -0.3 is 5.32 Å². The van der Waals surface area contributed by atoms with E-state index in [9.17, 15) is 9.59 Å². The molecular formula is C15H21NO2. The minimum Gasteiger partial charge on any atom is -0.345 e. The lowest BCUT2D eigenvalue weighted by Gasteiger charge is -2.08. The molecule has 0 aliphatic rings. The summed E-state index contributed by atoms with van der Waals surface area (Å²) >= 11 is 0. The quantitative estimate of drug-likeness (QED) is 0.869. The summed E-state index contributed by atoms with van der Waals surface area (Å²) < 4.78 is 0. The fraction of sp³-hybridized carbons (Fsp3) is 0.467. The van der Waals surface area contributed by atoms with Gasteiger partial charge in [-0.3, -0.25) is 9.59 Å². The summed E-state index contributed by atoms with van der Waals surface area (Å²) in [5.74, 6) is 0.250. The van der Waals surface area contributed by atoms with E-state index in [1.54, 1.807) is 12.1 Å². The first kappa shape index (κ1) is 14.4. The van der Waals surface area contributed by atoms with E-state index in [1.807, 2.05) is 26.0 Å². The number of carbonyl (C=O) groups is 2. The van der Waals surface area contributed by atoms with Crippen LogP contribution in [-0.4, -0.2) is 18.2 Å². The highest BCUT2D eigenvalue weighted by Gasteiger charge is 2.10. The van der Waals surface area contributed by atoms with Crippen LogP contribution in [0.15, 0.2) is 24.3 Å². The number of hydrogen-bond donors (Lipinski definition) is 1. The van der Waals surface area contributed by atoms with Crippen LogP contribution in [0.2, 0.25) is 0 Å². The third-order valence-corrected chi connectivity index (χ3v) is 2.91. The predicted octanol–water partition coefficient (Wildman–Crippen LogP) is 2.76. The predicted molar refractivity (Wildman–Crippen MR) is 72.7 cm³/mol. The Morgan fingerprint density at radius 3 is 2.06 bits per heavy atom. The SMILES string of the molecule is CC(C)C(=O)CNC(=O)c1ccc(C(C)C)cc1. The van der Waals surface area contributed by atoms with Crippen molar-refractivity contribution in [1.82, 2.24) is 5.32 Å². The molecule has 1 aromatic carbocycles. The molecule has 18 heavy (non-hydrogen) atoms. The van der Waals surface area contributed by atoms with E-state index < -0.39 is 0 Å². The Labute approximate surface area is 109 Å². The Balaban J connectivity index is 2.59. The topological polar surface area (TPSA) is 46.2 Å². The van der Waals surface area contributed by atoms with Crippen LogP contribution in [0, 0.1) is 5.92 Å². The van der Waals surface area contributed by atoms with Crippen LogP contribution in [0.1, 0.15) is 49.5 Å². The van der Waals surface area contributed by atoms with Crippen LogP contribution in [0.4, 0.5) is 0 Å². The number of benzene rings is 1. The molecule has 0 unspecified atom stereocenters. The molecule has 3 nitrogen and oxygen atoms in total. The summed E-state index contributed by atoms with van der Waals surface area (Å²) in [7, 11) is 0. The molecule has 1 amide bonds. The number of ketones is 1. The second-order valence-corrected chi connectivity index (χ2v) is 5.08. The molecule has 98 valence electrons. The van der Waals surface area contributed by atoms with Crippen molar-refractivity contribution in [2.75, 3.05) is 6.54 Å². The van der Waals surface area contributed by atoms with Crippen molar-refractivity contribution in [3.05, 3.63) is 35.4 Å². The van der Waals surface area contributed by atoms with Crippen molar-refractivity contribution >= 4 is 11.7 Å². The smallest absolute Gasteiger partial charge is 0.251 e. The van der Waals surface area contributed by atoms with Gasteiger partial charge in [0.1, 0.15) is 0 Å². The summed E-state index contributed by atoms with van der Waals surface area (Å²) in [4.78, 5) is 23.2. The lowest BCUT2D eigenvalue weighted by atomic mass is 10.0. The van der Waals surface area contributed by atoms with Crippen LogP contribution in [0.3, 0.4) is 0 Å². The maximum atomic E-state index is 11.8. The van der Waals surface area contributed by atoms with Crippen molar-refractivity contribution in [2.24, 2.45) is 5.92 Å². The molecule has 0 aliphatic carbocycles. The van der Waals surface area contributed by atoms with Crippen LogP contribution in [0.5, 0.6) is 0 Å². The molecule has 1 aromatic rings. The second-order valence-electron chi connectivity index (χ2n) is 5.08. The number of rotatable bonds is 5. The van der Waals surface area contributed by atoms with Gasteiger partial charge in [0, 0.05) is 11.5 Å². The maximum absolute atomic E-state index is 11.8. The molecule has 3 heteroatoms. The van der Waals surface area contributed by atoms with Crippen molar-refractivity contribution < 1.29 is 9.59 Å². The van der Waals surface area contributed by atoms with Crippen LogP contribution < -0.4 is 5.32 Å². The average Bonchev–Trinajstić information content (AvgIpc) is 2.35. The second kappa shape index (κ2) is 6.34. The Hall–Kier alpha value is -1.64. The fourth-order valence-electron chi connectivity index (χ4n) is 1.49. The van der Waals surface area contributed by atoms with Crippen molar-refractivity contribution in [3.63, 3.8) is 0 Å². The molecule has 1 N–H and O–H groups in total. The van der Waals surface area contributed by atoms with Crippen LogP contribution in [-0.2, 0) is 4.79 Å². The van der Waals surface area contributed by atoms with Crippen LogP contribution >= 0.6 is 0 Å². The van der Waals surface area contributed by atoms with E-state index in [4.69, 9.17) is 0 Å². The molecule has 0 aliphatic heterocycles. The minimum absolute atomic E-state index is 0.0437. The Bertz CT molecular complexity index is 419. The summed E-state index contributed by atoms with van der Waals surface area (Å²) in [6.45, 7) is 7.97. The molecule has 0 aromatic heterocycles. The highest BCUT2D eigenvalue weighted by molar-refractivity contribution is 5.97. The van der Waals surface area contributed by atoms with Crippen molar-refractivity contribution in [2.45, 2.75) is 33.6 Å². The van der Waals surface area contributed by atoms with E-state index in [-0.39, 0.29) is 24.2 Å². The minimum atomic E-state index is -0.195. The molecule has 0 spiro atoms. The number of hydrogen-bond acceptors (Lipinski definition) is 2. The fourth-order valence-corrected chi connectivity index (χ4v) is 1.49. The summed E-state index contributed by atoms with van der Waals surface area (Å²) in [6, 6.07) is 7.49. The van der Waals surface area contributed by atoms with E-state index in [0.717, 1.165) is 0 Å². The van der Waals surface area contributed by atoms with E-state index in [2.05, 4.69) is 19.2 Å². The first-order valence-electron chi connectivity index (χ1n) is 6.32. The van der Waals surface area contributed by atoms with Gasteiger partial charge in [-0.2, -0.15) is 0 Å². The van der Waals surface area contributed by atoms with Gasteiger partial charge in [-0.15, -0.1) is 0 Å². The Morgan fingerprint density at radius 1 is 1.06 bits per heavy atom. The van der Waals surface area contributed by atoms with Gasteiger partial charge in [-0.25, -0.2) is 0 Å². The van der Waals surface area contributed by atoms with Gasteiger partial charge in [0.25, 0.3) is 5.91 Å². The average molecular weight is 247 g/mol. The van der Waals surface area contributed by atoms with Crippen LogP contribution in [0.25, 0.3) is 0 Å². The highest BCUT2D eigenvalue weighted by atomic mass is 16.2. The largest absolute Gasteiger partial charge is 0.345 e. The normalized spacial score (nSPS) is 10.8. The molecule has 0 saturated heterocycles. The van der Waals surface area contributed by atoms with Crippen molar-refractivity contribution in [3.8, 4) is 0 Å². The van der Waals surface area contributed by atoms with Gasteiger partial charge >= 0.3 is 0 Å². The van der Waals surface area contributed by atoms with E-state index in [0.29, 0.717) is 11.5 Å². The number of nitrogens with one attached hydrogen (secondary N) is 1. The summed E-state index contributed by atoms with van der Waals surface area (Å²) in [6.07, 6.45) is 0. The Kier molecular flexibility index (Phi) is 5.08. The Morgan fingerprint density at radius 2 is 1.61 bits per heavy atom. The highest BCUT2D eigenvalue weighted by Crippen LogP contribution is 2.14. The number of Topliss-reactive ketones (excluding diaryl/α,β-unsaturated/α-hetero) is 1. The standard InChI is InChI=1S/C15H21NO2/c1-10(2)12-5-7-13(8-6-12)15(18)16-9-14(17)11(3)4/h5-8,10-11H,9H2,1-4H3,(H,16,18). The molecule has 0 atom stereocenters. The molecule has 0 heterocycles. The van der Waals surface area contributed by atoms with Gasteiger partial charge in [-0.05, 0) is 23.6 Å². The van der Waals surface area contributed by atoms with Gasteiger partial charge in [-0.1, -0.05) is 39.8 Å². The van der Waals surface area contributed by atoms with E-state index in [1.165, 1.54) is 5.56 Å². The first-order chi connectivity index (χ1) is 8.41. The van der Waals surface area contributed by atoms with Gasteiger partial charge in [0.2, 0.25) is 0 Å². The molecule has 0 fully saturated rings. The molecule has 1 rings (SSSR count). The lowest BCUT2D eigenvalue weighted by molar-refractivity contribution is -0.120. The van der Waals surface area contributed by atoms with Gasteiger partial charge in [0.05, 0.1) is 6.54 Å². The molecule has 0 bridgehead atoms. The zero-order valence-corrected chi connectivity index (χ0v) is 11.5. The van der Waals surface area contributed by atoms with Crippen molar-refractivity contribution in [1.29, 1.82) is 0 Å². The molecular weight excluding hydrogens is 226 g/mol. The maximum Gasteiger partial charge on any atom is 0.251 e. The summed E-state index contributed by atoms with van der Waals surface area (Å²) in [5.41, 5.74) is 1.79. The zero-order chi connectivity index (χ0) is 13.7. The first-order valence-corrected chi connectivity index (χ1v) is 6.32. The molecule has 0 saturated carbocycles. The third-order valence-electron chi connectivity index (χ3n) is 2.91. The number of amides is 1. The number of carbonyl (C=O) groups excluding carboxylic acids is 2. The monoisotopic (exact) mass is 247 g/mol. The zero-order valence-electron chi connectivity index (χ0n) is 11.5. The third kappa shape index (κ3) is 3.99.